The van der Waals surface area contributed by atoms with Crippen molar-refractivity contribution < 1.29 is 9.13 Å². The highest BCUT2D eigenvalue weighted by Gasteiger charge is 2.16. The first kappa shape index (κ1) is 15.9. The van der Waals surface area contributed by atoms with E-state index in [-0.39, 0.29) is 17.5 Å². The summed E-state index contributed by atoms with van der Waals surface area (Å²) in [5, 5.41) is 3.32. The lowest BCUT2D eigenvalue weighted by molar-refractivity contribution is 0.160. The predicted octanol–water partition coefficient (Wildman–Crippen LogP) is 3.53. The van der Waals surface area contributed by atoms with Gasteiger partial charge in [-0.1, -0.05) is 13.8 Å². The van der Waals surface area contributed by atoms with Crippen LogP contribution in [0, 0.1) is 11.7 Å². The van der Waals surface area contributed by atoms with Crippen molar-refractivity contribution in [2.24, 2.45) is 5.92 Å². The van der Waals surface area contributed by atoms with E-state index in [1.807, 2.05) is 6.92 Å². The number of hydrogen-bond donors (Lipinski definition) is 1. The predicted molar refractivity (Wildman–Crippen MR) is 75.7 cm³/mol. The Kier molecular flexibility index (Phi) is 5.29. The molecular weight excluding hydrogens is 243 g/mol. The Morgan fingerprint density at radius 3 is 2.47 bits per heavy atom. The smallest absolute Gasteiger partial charge is 0.218 e. The molecule has 4 heteroatoms. The zero-order valence-electron chi connectivity index (χ0n) is 12.7. The van der Waals surface area contributed by atoms with Crippen LogP contribution in [0.4, 0.5) is 4.39 Å². The van der Waals surface area contributed by atoms with Crippen LogP contribution in [-0.2, 0) is 6.54 Å². The third kappa shape index (κ3) is 5.55. The first-order chi connectivity index (χ1) is 8.69. The summed E-state index contributed by atoms with van der Waals surface area (Å²) < 4.78 is 19.1. The van der Waals surface area contributed by atoms with E-state index in [0.29, 0.717) is 18.3 Å². The second kappa shape index (κ2) is 6.33. The molecule has 0 aliphatic heterocycles. The number of pyridine rings is 1. The molecule has 1 heterocycles. The molecule has 0 aliphatic carbocycles. The van der Waals surface area contributed by atoms with E-state index in [0.717, 1.165) is 5.56 Å². The molecule has 0 saturated carbocycles. The molecular formula is C15H25FN2O. The van der Waals surface area contributed by atoms with Crippen molar-refractivity contribution in [3.8, 4) is 5.88 Å². The topological polar surface area (TPSA) is 34.1 Å². The molecule has 19 heavy (non-hydrogen) atoms. The summed E-state index contributed by atoms with van der Waals surface area (Å²) in [7, 11) is 0. The molecule has 1 N–H and O–H groups in total. The molecule has 1 aromatic heterocycles. The van der Waals surface area contributed by atoms with Gasteiger partial charge in [0.05, 0.1) is 12.3 Å². The highest BCUT2D eigenvalue weighted by Crippen LogP contribution is 2.20. The number of aromatic nitrogens is 1. The quantitative estimate of drug-likeness (QED) is 0.887. The number of rotatable bonds is 5. The van der Waals surface area contributed by atoms with Crippen LogP contribution < -0.4 is 10.1 Å². The normalized spacial score (nSPS) is 13.7. The van der Waals surface area contributed by atoms with Crippen LogP contribution in [-0.4, -0.2) is 16.6 Å². The van der Waals surface area contributed by atoms with E-state index in [2.05, 4.69) is 44.9 Å². The fourth-order valence-electron chi connectivity index (χ4n) is 1.37. The fraction of sp³-hybridized carbons (Fsp3) is 0.667. The van der Waals surface area contributed by atoms with Gasteiger partial charge in [-0.05, 0) is 39.7 Å². The van der Waals surface area contributed by atoms with Crippen molar-refractivity contribution in [3.05, 3.63) is 23.6 Å². The van der Waals surface area contributed by atoms with E-state index < -0.39 is 0 Å². The highest BCUT2D eigenvalue weighted by molar-refractivity contribution is 5.26. The summed E-state index contributed by atoms with van der Waals surface area (Å²) in [5.74, 6) is 0.560. The largest absolute Gasteiger partial charge is 0.474 e. The minimum atomic E-state index is -0.338. The van der Waals surface area contributed by atoms with Gasteiger partial charge >= 0.3 is 0 Å². The van der Waals surface area contributed by atoms with Gasteiger partial charge in [0.1, 0.15) is 5.82 Å². The van der Waals surface area contributed by atoms with Crippen LogP contribution >= 0.6 is 0 Å². The van der Waals surface area contributed by atoms with Crippen molar-refractivity contribution in [1.29, 1.82) is 0 Å². The third-order valence-electron chi connectivity index (χ3n) is 2.94. The Morgan fingerprint density at radius 2 is 1.95 bits per heavy atom. The Balaban J connectivity index is 2.85. The van der Waals surface area contributed by atoms with Crippen LogP contribution in [0.15, 0.2) is 12.3 Å². The van der Waals surface area contributed by atoms with Gasteiger partial charge < -0.3 is 10.1 Å². The molecule has 0 amide bonds. The fourth-order valence-corrected chi connectivity index (χ4v) is 1.37. The second-order valence-corrected chi connectivity index (χ2v) is 6.29. The van der Waals surface area contributed by atoms with E-state index in [1.54, 1.807) is 0 Å². The molecule has 1 unspecified atom stereocenters. The van der Waals surface area contributed by atoms with Crippen LogP contribution in [0.1, 0.15) is 47.1 Å². The van der Waals surface area contributed by atoms with E-state index in [9.17, 15) is 4.39 Å². The average molecular weight is 268 g/mol. The van der Waals surface area contributed by atoms with Crippen LogP contribution in [0.5, 0.6) is 5.88 Å². The molecule has 3 nitrogen and oxygen atoms in total. The summed E-state index contributed by atoms with van der Waals surface area (Å²) in [4.78, 5) is 4.06. The Morgan fingerprint density at radius 1 is 1.32 bits per heavy atom. The molecule has 0 aromatic carbocycles. The summed E-state index contributed by atoms with van der Waals surface area (Å²) in [5.41, 5.74) is 0.718. The second-order valence-electron chi connectivity index (χ2n) is 6.29. The number of hydrogen-bond acceptors (Lipinski definition) is 3. The summed E-state index contributed by atoms with van der Waals surface area (Å²) >= 11 is 0. The van der Waals surface area contributed by atoms with E-state index in [4.69, 9.17) is 4.74 Å². The summed E-state index contributed by atoms with van der Waals surface area (Å²) in [6.07, 6.45) is 1.24. The molecule has 108 valence electrons. The van der Waals surface area contributed by atoms with Gasteiger partial charge in [0.2, 0.25) is 5.88 Å². The standard InChI is InChI=1S/C15H25FN2O/c1-10(2)11(3)19-14-12(7-13(16)9-17-14)8-18-15(4,5)6/h7,9-11,18H,8H2,1-6H3. The van der Waals surface area contributed by atoms with Gasteiger partial charge in [0, 0.05) is 17.6 Å². The molecule has 0 radical (unpaired) electrons. The van der Waals surface area contributed by atoms with Gasteiger partial charge in [-0.15, -0.1) is 0 Å². The maximum atomic E-state index is 13.3. The molecule has 1 rings (SSSR count). The van der Waals surface area contributed by atoms with Crippen molar-refractivity contribution >= 4 is 0 Å². The lowest BCUT2D eigenvalue weighted by Gasteiger charge is -2.23. The summed E-state index contributed by atoms with van der Waals surface area (Å²) in [6.45, 7) is 12.9. The Hall–Kier alpha value is -1.16. The van der Waals surface area contributed by atoms with Crippen molar-refractivity contribution in [1.82, 2.24) is 10.3 Å². The first-order valence-electron chi connectivity index (χ1n) is 6.75. The van der Waals surface area contributed by atoms with E-state index >= 15 is 0 Å². The highest BCUT2D eigenvalue weighted by atomic mass is 19.1. The number of halogens is 1. The zero-order chi connectivity index (χ0) is 14.6. The molecule has 1 atom stereocenters. The number of ether oxygens (including phenoxy) is 1. The monoisotopic (exact) mass is 268 g/mol. The van der Waals surface area contributed by atoms with Gasteiger partial charge in [0.25, 0.3) is 0 Å². The summed E-state index contributed by atoms with van der Waals surface area (Å²) in [6, 6.07) is 1.48. The lowest BCUT2D eigenvalue weighted by Crippen LogP contribution is -2.35. The van der Waals surface area contributed by atoms with Gasteiger partial charge in [0.15, 0.2) is 0 Å². The van der Waals surface area contributed by atoms with Gasteiger partial charge in [-0.25, -0.2) is 9.37 Å². The minimum Gasteiger partial charge on any atom is -0.474 e. The lowest BCUT2D eigenvalue weighted by atomic mass is 10.1. The molecule has 0 fully saturated rings. The van der Waals surface area contributed by atoms with Crippen molar-refractivity contribution in [2.45, 2.75) is 59.7 Å². The van der Waals surface area contributed by atoms with Gasteiger partial charge in [-0.3, -0.25) is 0 Å². The van der Waals surface area contributed by atoms with Crippen LogP contribution in [0.3, 0.4) is 0 Å². The molecule has 0 aliphatic rings. The van der Waals surface area contributed by atoms with Crippen molar-refractivity contribution in [3.63, 3.8) is 0 Å². The maximum Gasteiger partial charge on any atom is 0.218 e. The number of nitrogens with one attached hydrogen (secondary N) is 1. The molecule has 1 aromatic rings. The van der Waals surface area contributed by atoms with E-state index in [1.165, 1.54) is 12.3 Å². The zero-order valence-corrected chi connectivity index (χ0v) is 12.7. The molecule has 0 bridgehead atoms. The number of nitrogens with zero attached hydrogens (tertiary/aromatic N) is 1. The molecule has 0 saturated heterocycles. The molecule has 0 spiro atoms. The average Bonchev–Trinajstić information content (AvgIpc) is 2.28. The van der Waals surface area contributed by atoms with Crippen LogP contribution in [0.25, 0.3) is 0 Å². The van der Waals surface area contributed by atoms with Crippen LogP contribution in [0.2, 0.25) is 0 Å². The van der Waals surface area contributed by atoms with Crippen molar-refractivity contribution in [2.75, 3.05) is 0 Å². The Labute approximate surface area is 115 Å². The third-order valence-corrected chi connectivity index (χ3v) is 2.94. The SMILES string of the molecule is CC(C)C(C)Oc1ncc(F)cc1CNC(C)(C)C. The maximum absolute atomic E-state index is 13.3. The first-order valence-corrected chi connectivity index (χ1v) is 6.75. The minimum absolute atomic E-state index is 0.0345. The Bertz CT molecular complexity index is 413. The van der Waals surface area contributed by atoms with Gasteiger partial charge in [-0.2, -0.15) is 0 Å².